The highest BCUT2D eigenvalue weighted by Gasteiger charge is 2.21. The van der Waals surface area contributed by atoms with Gasteiger partial charge in [0.1, 0.15) is 5.75 Å². The maximum atomic E-state index is 12.4. The second-order valence-corrected chi connectivity index (χ2v) is 7.03. The number of piperazine rings is 1. The summed E-state index contributed by atoms with van der Waals surface area (Å²) in [4.78, 5) is 27.2. The lowest BCUT2D eigenvalue weighted by Crippen LogP contribution is -2.50. The molecule has 1 N–H and O–H groups in total. The fourth-order valence-electron chi connectivity index (χ4n) is 3.21. The van der Waals surface area contributed by atoms with Crippen molar-refractivity contribution in [1.82, 2.24) is 4.90 Å². The van der Waals surface area contributed by atoms with Crippen molar-refractivity contribution in [3.63, 3.8) is 0 Å². The van der Waals surface area contributed by atoms with Crippen molar-refractivity contribution in [3.8, 4) is 5.75 Å². The van der Waals surface area contributed by atoms with Crippen LogP contribution in [0.1, 0.15) is 17.5 Å². The van der Waals surface area contributed by atoms with E-state index in [1.54, 1.807) is 12.1 Å². The molecule has 6 heteroatoms. The number of carbonyl (C=O) groups is 2. The Kier molecular flexibility index (Phi) is 6.53. The Hall–Kier alpha value is -3.02. The Bertz CT molecular complexity index is 794. The summed E-state index contributed by atoms with van der Waals surface area (Å²) in [5, 5.41) is 8.72. The third kappa shape index (κ3) is 5.49. The number of aliphatic carboxylic acids is 1. The van der Waals surface area contributed by atoms with Crippen LogP contribution >= 0.6 is 0 Å². The molecule has 0 spiro atoms. The smallest absolute Gasteiger partial charge is 0.303 e. The number of carboxylic acids is 1. The Labute approximate surface area is 165 Å². The van der Waals surface area contributed by atoms with Gasteiger partial charge in [0, 0.05) is 38.3 Å². The molecule has 1 amide bonds. The number of aryl methyl sites for hydroxylation is 2. The summed E-state index contributed by atoms with van der Waals surface area (Å²) in [6.07, 6.45) is 0.590. The maximum Gasteiger partial charge on any atom is 0.303 e. The second kappa shape index (κ2) is 9.26. The van der Waals surface area contributed by atoms with E-state index in [0.717, 1.165) is 18.7 Å². The van der Waals surface area contributed by atoms with Crippen LogP contribution in [0, 0.1) is 6.92 Å². The molecule has 0 saturated carbocycles. The molecular weight excluding hydrogens is 356 g/mol. The minimum Gasteiger partial charge on any atom is -0.484 e. The van der Waals surface area contributed by atoms with Crippen molar-refractivity contribution < 1.29 is 19.4 Å². The predicted octanol–water partition coefficient (Wildman–Crippen LogP) is 2.74. The Morgan fingerprint density at radius 1 is 0.964 bits per heavy atom. The van der Waals surface area contributed by atoms with Crippen LogP contribution in [0.2, 0.25) is 0 Å². The molecule has 1 fully saturated rings. The quantitative estimate of drug-likeness (QED) is 0.797. The molecule has 0 atom stereocenters. The zero-order valence-electron chi connectivity index (χ0n) is 16.1. The molecule has 1 aliphatic rings. The van der Waals surface area contributed by atoms with Crippen LogP contribution in [-0.4, -0.2) is 54.7 Å². The first kappa shape index (κ1) is 19.7. The molecule has 0 unspecified atom stereocenters. The molecule has 0 aliphatic carbocycles. The lowest BCUT2D eigenvalue weighted by Gasteiger charge is -2.36. The number of carbonyl (C=O) groups excluding carboxylic acids is 1. The Balaban J connectivity index is 1.43. The van der Waals surface area contributed by atoms with E-state index < -0.39 is 5.97 Å². The van der Waals surface area contributed by atoms with Gasteiger partial charge in [-0.15, -0.1) is 0 Å². The SMILES string of the molecule is Cc1ccc(N2CCN(C(=O)COc3ccc(CCC(=O)O)cc3)CC2)cc1. The lowest BCUT2D eigenvalue weighted by molar-refractivity contribution is -0.137. The van der Waals surface area contributed by atoms with Gasteiger partial charge in [-0.05, 0) is 43.2 Å². The van der Waals surface area contributed by atoms with E-state index in [4.69, 9.17) is 9.84 Å². The number of benzene rings is 2. The molecule has 1 aliphatic heterocycles. The summed E-state index contributed by atoms with van der Waals surface area (Å²) in [6, 6.07) is 15.7. The normalized spacial score (nSPS) is 14.0. The monoisotopic (exact) mass is 382 g/mol. The third-order valence-corrected chi connectivity index (χ3v) is 4.94. The average molecular weight is 382 g/mol. The van der Waals surface area contributed by atoms with E-state index in [9.17, 15) is 9.59 Å². The number of hydrogen-bond acceptors (Lipinski definition) is 4. The van der Waals surface area contributed by atoms with Crippen molar-refractivity contribution in [1.29, 1.82) is 0 Å². The van der Waals surface area contributed by atoms with E-state index in [1.807, 2.05) is 17.0 Å². The zero-order valence-corrected chi connectivity index (χ0v) is 16.1. The molecule has 0 radical (unpaired) electrons. The summed E-state index contributed by atoms with van der Waals surface area (Å²) >= 11 is 0. The summed E-state index contributed by atoms with van der Waals surface area (Å²) in [6.45, 7) is 5.08. The van der Waals surface area contributed by atoms with Gasteiger partial charge in [0.05, 0.1) is 0 Å². The number of hydrogen-bond donors (Lipinski definition) is 1. The fraction of sp³-hybridized carbons (Fsp3) is 0.364. The van der Waals surface area contributed by atoms with Crippen LogP contribution in [-0.2, 0) is 16.0 Å². The van der Waals surface area contributed by atoms with Gasteiger partial charge in [-0.2, -0.15) is 0 Å². The second-order valence-electron chi connectivity index (χ2n) is 7.03. The summed E-state index contributed by atoms with van der Waals surface area (Å²) in [5.41, 5.74) is 3.37. The van der Waals surface area contributed by atoms with Gasteiger partial charge in [-0.1, -0.05) is 29.8 Å². The molecule has 0 bridgehead atoms. The van der Waals surface area contributed by atoms with Gasteiger partial charge < -0.3 is 19.6 Å². The van der Waals surface area contributed by atoms with Crippen LogP contribution in [0.5, 0.6) is 5.75 Å². The molecule has 0 aromatic heterocycles. The van der Waals surface area contributed by atoms with E-state index in [0.29, 0.717) is 25.3 Å². The van der Waals surface area contributed by atoms with Crippen LogP contribution in [0.15, 0.2) is 48.5 Å². The standard InChI is InChI=1S/C22H26N2O4/c1-17-2-7-19(8-3-17)23-12-14-24(15-13-23)21(25)16-28-20-9-4-18(5-10-20)6-11-22(26)27/h2-5,7-10H,6,11-16H2,1H3,(H,26,27). The van der Waals surface area contributed by atoms with Crippen LogP contribution in [0.3, 0.4) is 0 Å². The lowest BCUT2D eigenvalue weighted by atomic mass is 10.1. The average Bonchev–Trinajstić information content (AvgIpc) is 2.72. The maximum absolute atomic E-state index is 12.4. The van der Waals surface area contributed by atoms with Gasteiger partial charge in [-0.3, -0.25) is 9.59 Å². The van der Waals surface area contributed by atoms with Gasteiger partial charge >= 0.3 is 5.97 Å². The highest BCUT2D eigenvalue weighted by Crippen LogP contribution is 2.18. The summed E-state index contributed by atoms with van der Waals surface area (Å²) in [5.74, 6) is -0.211. The number of anilines is 1. The van der Waals surface area contributed by atoms with Crippen molar-refractivity contribution in [2.45, 2.75) is 19.8 Å². The van der Waals surface area contributed by atoms with Crippen LogP contribution < -0.4 is 9.64 Å². The molecule has 2 aromatic rings. The molecule has 1 heterocycles. The highest BCUT2D eigenvalue weighted by atomic mass is 16.5. The van der Waals surface area contributed by atoms with Crippen molar-refractivity contribution in [3.05, 3.63) is 59.7 Å². The Morgan fingerprint density at radius 3 is 2.21 bits per heavy atom. The predicted molar refractivity (Wildman–Crippen MR) is 108 cm³/mol. The minimum atomic E-state index is -0.812. The fourth-order valence-corrected chi connectivity index (χ4v) is 3.21. The van der Waals surface area contributed by atoms with Crippen LogP contribution in [0.25, 0.3) is 0 Å². The number of amides is 1. The molecule has 3 rings (SSSR count). The van der Waals surface area contributed by atoms with E-state index in [1.165, 1.54) is 11.3 Å². The number of nitrogens with zero attached hydrogens (tertiary/aromatic N) is 2. The molecule has 2 aromatic carbocycles. The Morgan fingerprint density at radius 2 is 1.61 bits per heavy atom. The zero-order chi connectivity index (χ0) is 19.9. The van der Waals surface area contributed by atoms with E-state index in [-0.39, 0.29) is 18.9 Å². The summed E-state index contributed by atoms with van der Waals surface area (Å²) < 4.78 is 5.61. The van der Waals surface area contributed by atoms with Crippen molar-refractivity contribution >= 4 is 17.6 Å². The molecular formula is C22H26N2O4. The first-order chi connectivity index (χ1) is 13.5. The van der Waals surface area contributed by atoms with Gasteiger partial charge in [0.25, 0.3) is 5.91 Å². The first-order valence-electron chi connectivity index (χ1n) is 9.54. The first-order valence-corrected chi connectivity index (χ1v) is 9.54. The van der Waals surface area contributed by atoms with Crippen molar-refractivity contribution in [2.75, 3.05) is 37.7 Å². The van der Waals surface area contributed by atoms with Crippen molar-refractivity contribution in [2.24, 2.45) is 0 Å². The van der Waals surface area contributed by atoms with Gasteiger partial charge in [0.2, 0.25) is 0 Å². The minimum absolute atomic E-state index is 0.0129. The number of carboxylic acid groups (broad SMARTS) is 1. The molecule has 148 valence electrons. The van der Waals surface area contributed by atoms with Gasteiger partial charge in [-0.25, -0.2) is 0 Å². The largest absolute Gasteiger partial charge is 0.484 e. The molecule has 28 heavy (non-hydrogen) atoms. The molecule has 1 saturated heterocycles. The van der Waals surface area contributed by atoms with Crippen LogP contribution in [0.4, 0.5) is 5.69 Å². The number of ether oxygens (including phenoxy) is 1. The van der Waals surface area contributed by atoms with Gasteiger partial charge in [0.15, 0.2) is 6.61 Å². The van der Waals surface area contributed by atoms with E-state index >= 15 is 0 Å². The number of rotatable bonds is 7. The summed E-state index contributed by atoms with van der Waals surface area (Å²) in [7, 11) is 0. The topological polar surface area (TPSA) is 70.1 Å². The third-order valence-electron chi connectivity index (χ3n) is 4.94. The van der Waals surface area contributed by atoms with E-state index in [2.05, 4.69) is 36.1 Å². The highest BCUT2D eigenvalue weighted by molar-refractivity contribution is 5.78. The molecule has 6 nitrogen and oxygen atoms in total.